The number of guanidine groups is 1. The van der Waals surface area contributed by atoms with E-state index in [-0.39, 0.29) is 11.1 Å². The number of ether oxygens (including phenoxy) is 1. The summed E-state index contributed by atoms with van der Waals surface area (Å²) >= 11 is 0. The summed E-state index contributed by atoms with van der Waals surface area (Å²) in [6, 6.07) is 0.616. The fourth-order valence-electron chi connectivity index (χ4n) is 4.25. The van der Waals surface area contributed by atoms with Crippen molar-refractivity contribution >= 4 is 5.96 Å². The van der Waals surface area contributed by atoms with Crippen molar-refractivity contribution in [3.8, 4) is 0 Å². The summed E-state index contributed by atoms with van der Waals surface area (Å²) in [7, 11) is 0. The topological polar surface area (TPSA) is 50.9 Å². The van der Waals surface area contributed by atoms with Crippen LogP contribution in [-0.2, 0) is 4.74 Å². The van der Waals surface area contributed by atoms with E-state index in [0.717, 1.165) is 38.4 Å². The molecule has 2 N–H and O–H groups in total. The largest absolute Gasteiger partial charge is 0.375 e. The Bertz CT molecular complexity index is 378. The van der Waals surface area contributed by atoms with Crippen molar-refractivity contribution in [2.24, 2.45) is 10.7 Å². The summed E-state index contributed by atoms with van der Waals surface area (Å²) in [6.07, 6.45) is 8.44. The molecule has 0 aromatic heterocycles. The Morgan fingerprint density at radius 1 is 1.42 bits per heavy atom. The molecular formula is C15H27N3O. The molecule has 0 amide bonds. The van der Waals surface area contributed by atoms with E-state index >= 15 is 0 Å². The minimum atomic E-state index is -0.00472. The Kier molecular flexibility index (Phi) is 3.24. The third kappa shape index (κ3) is 2.14. The van der Waals surface area contributed by atoms with Crippen molar-refractivity contribution < 1.29 is 4.74 Å². The van der Waals surface area contributed by atoms with E-state index in [9.17, 15) is 0 Å². The van der Waals surface area contributed by atoms with Crippen LogP contribution in [-0.4, -0.2) is 41.2 Å². The van der Waals surface area contributed by atoms with Gasteiger partial charge in [0.15, 0.2) is 5.96 Å². The third-order valence-electron chi connectivity index (χ3n) is 5.45. The molecule has 3 rings (SSSR count). The number of aliphatic imine (C=N–C) groups is 1. The predicted octanol–water partition coefficient (Wildman–Crippen LogP) is 2.28. The van der Waals surface area contributed by atoms with E-state index in [0.29, 0.717) is 6.04 Å². The smallest absolute Gasteiger partial charge is 0.192 e. The molecule has 0 radical (unpaired) electrons. The molecule has 4 heteroatoms. The molecule has 2 unspecified atom stereocenters. The number of hydrogen-bond acceptors (Lipinski definition) is 4. The zero-order valence-electron chi connectivity index (χ0n) is 12.3. The summed E-state index contributed by atoms with van der Waals surface area (Å²) in [4.78, 5) is 7.09. The van der Waals surface area contributed by atoms with Crippen LogP contribution in [0.5, 0.6) is 0 Å². The summed E-state index contributed by atoms with van der Waals surface area (Å²) in [6.45, 7) is 6.18. The molecule has 0 bridgehead atoms. The van der Waals surface area contributed by atoms with Crippen molar-refractivity contribution in [1.29, 1.82) is 0 Å². The summed E-state index contributed by atoms with van der Waals surface area (Å²) in [5, 5.41) is 0. The lowest BCUT2D eigenvalue weighted by Crippen LogP contribution is -2.61. The second-order valence-corrected chi connectivity index (χ2v) is 6.79. The monoisotopic (exact) mass is 265 g/mol. The standard InChI is InChI=1S/C15H27N3O/c1-3-14(2)10-15(8-9-19-14)11-17-13(16)18(15)12-6-4-5-7-12/h12H,3-11H2,1-2H3,(H2,16,17). The van der Waals surface area contributed by atoms with Crippen molar-refractivity contribution in [3.05, 3.63) is 0 Å². The number of rotatable bonds is 2. The third-order valence-corrected chi connectivity index (χ3v) is 5.45. The molecule has 0 aromatic rings. The fourth-order valence-corrected chi connectivity index (χ4v) is 4.25. The first-order chi connectivity index (χ1) is 9.09. The van der Waals surface area contributed by atoms with Crippen LogP contribution in [0.2, 0.25) is 0 Å². The van der Waals surface area contributed by atoms with Crippen LogP contribution in [0.15, 0.2) is 4.99 Å². The van der Waals surface area contributed by atoms with Gasteiger partial charge in [0.05, 0.1) is 17.7 Å². The molecule has 1 saturated carbocycles. The Morgan fingerprint density at radius 2 is 2.16 bits per heavy atom. The number of nitrogens with two attached hydrogens (primary N) is 1. The van der Waals surface area contributed by atoms with Crippen LogP contribution in [0.1, 0.15) is 58.8 Å². The van der Waals surface area contributed by atoms with E-state index in [1.54, 1.807) is 0 Å². The van der Waals surface area contributed by atoms with E-state index < -0.39 is 0 Å². The highest BCUT2D eigenvalue weighted by Crippen LogP contribution is 2.43. The summed E-state index contributed by atoms with van der Waals surface area (Å²) in [5.41, 5.74) is 6.37. The van der Waals surface area contributed by atoms with Crippen molar-refractivity contribution in [2.75, 3.05) is 13.2 Å². The predicted molar refractivity (Wildman–Crippen MR) is 77.2 cm³/mol. The average Bonchev–Trinajstić information content (AvgIpc) is 2.99. The Balaban J connectivity index is 1.85. The van der Waals surface area contributed by atoms with Crippen LogP contribution < -0.4 is 5.73 Å². The maximum absolute atomic E-state index is 6.23. The molecular weight excluding hydrogens is 238 g/mol. The zero-order valence-corrected chi connectivity index (χ0v) is 12.3. The normalized spacial score (nSPS) is 40.1. The summed E-state index contributed by atoms with van der Waals surface area (Å²) < 4.78 is 6.03. The lowest BCUT2D eigenvalue weighted by atomic mass is 9.78. The molecule has 0 aromatic carbocycles. The number of hydrogen-bond donors (Lipinski definition) is 1. The van der Waals surface area contributed by atoms with Gasteiger partial charge in [-0.1, -0.05) is 19.8 Å². The Morgan fingerprint density at radius 3 is 2.84 bits per heavy atom. The maximum Gasteiger partial charge on any atom is 0.192 e. The van der Waals surface area contributed by atoms with Crippen LogP contribution in [0.25, 0.3) is 0 Å². The van der Waals surface area contributed by atoms with Crippen LogP contribution in [0.3, 0.4) is 0 Å². The second-order valence-electron chi connectivity index (χ2n) is 6.79. The van der Waals surface area contributed by atoms with Gasteiger partial charge < -0.3 is 15.4 Å². The second kappa shape index (κ2) is 4.65. The van der Waals surface area contributed by atoms with E-state index in [1.165, 1.54) is 25.7 Å². The van der Waals surface area contributed by atoms with E-state index in [1.807, 2.05) is 0 Å². The molecule has 1 saturated heterocycles. The van der Waals surface area contributed by atoms with E-state index in [4.69, 9.17) is 10.5 Å². The van der Waals surface area contributed by atoms with Gasteiger partial charge in [-0.2, -0.15) is 0 Å². The van der Waals surface area contributed by atoms with Gasteiger partial charge in [-0.05, 0) is 32.6 Å². The Labute approximate surface area is 116 Å². The fraction of sp³-hybridized carbons (Fsp3) is 0.933. The first kappa shape index (κ1) is 13.2. The van der Waals surface area contributed by atoms with Crippen LogP contribution in [0.4, 0.5) is 0 Å². The Hall–Kier alpha value is -0.770. The van der Waals surface area contributed by atoms with Crippen molar-refractivity contribution in [3.63, 3.8) is 0 Å². The molecule has 2 fully saturated rings. The first-order valence-corrected chi connectivity index (χ1v) is 7.82. The quantitative estimate of drug-likeness (QED) is 0.833. The highest BCUT2D eigenvalue weighted by atomic mass is 16.5. The van der Waals surface area contributed by atoms with Gasteiger partial charge in [-0.3, -0.25) is 4.99 Å². The zero-order chi connectivity index (χ0) is 13.5. The highest BCUT2D eigenvalue weighted by Gasteiger charge is 2.51. The number of nitrogens with zero attached hydrogens (tertiary/aromatic N) is 2. The van der Waals surface area contributed by atoms with E-state index in [2.05, 4.69) is 23.7 Å². The van der Waals surface area contributed by atoms with Crippen molar-refractivity contribution in [1.82, 2.24) is 4.90 Å². The molecule has 1 spiro atoms. The van der Waals surface area contributed by atoms with Gasteiger partial charge >= 0.3 is 0 Å². The molecule has 1 aliphatic carbocycles. The highest BCUT2D eigenvalue weighted by molar-refractivity contribution is 5.81. The molecule has 2 aliphatic heterocycles. The maximum atomic E-state index is 6.23. The van der Waals surface area contributed by atoms with Gasteiger partial charge in [-0.15, -0.1) is 0 Å². The van der Waals surface area contributed by atoms with Gasteiger partial charge in [0, 0.05) is 19.1 Å². The molecule has 2 heterocycles. The summed E-state index contributed by atoms with van der Waals surface area (Å²) in [5.74, 6) is 0.784. The van der Waals surface area contributed by atoms with Crippen LogP contribution in [0, 0.1) is 0 Å². The molecule has 19 heavy (non-hydrogen) atoms. The van der Waals surface area contributed by atoms with Gasteiger partial charge in [0.2, 0.25) is 0 Å². The molecule has 2 atom stereocenters. The van der Waals surface area contributed by atoms with Crippen LogP contribution >= 0.6 is 0 Å². The lowest BCUT2D eigenvalue weighted by Gasteiger charge is -2.50. The minimum absolute atomic E-state index is 0.00472. The van der Waals surface area contributed by atoms with Crippen molar-refractivity contribution in [2.45, 2.75) is 76.0 Å². The molecule has 108 valence electrons. The van der Waals surface area contributed by atoms with Gasteiger partial charge in [-0.25, -0.2) is 0 Å². The van der Waals surface area contributed by atoms with Gasteiger partial charge in [0.25, 0.3) is 0 Å². The molecule has 3 aliphatic rings. The first-order valence-electron chi connectivity index (χ1n) is 7.82. The molecule has 4 nitrogen and oxygen atoms in total. The SMILES string of the molecule is CCC1(C)CC2(CCO1)CN=C(N)N2C1CCCC1. The minimum Gasteiger partial charge on any atom is -0.375 e. The van der Waals surface area contributed by atoms with Gasteiger partial charge in [0.1, 0.15) is 0 Å². The average molecular weight is 265 g/mol. The lowest BCUT2D eigenvalue weighted by molar-refractivity contribution is -0.118.